The lowest BCUT2D eigenvalue weighted by molar-refractivity contribution is -0.141. The normalized spacial score (nSPS) is 13.2. The Morgan fingerprint density at radius 3 is 2.57 bits per heavy atom. The maximum absolute atomic E-state index is 12.4. The fraction of sp³-hybridized carbons (Fsp3) is 0.462. The highest BCUT2D eigenvalue weighted by Gasteiger charge is 2.25. The molecule has 0 aliphatic rings. The number of hydrogen-bond acceptors (Lipinski definition) is 4. The first kappa shape index (κ1) is 17.9. The predicted octanol–water partition coefficient (Wildman–Crippen LogP) is 2.19. The number of ether oxygens (including phenoxy) is 1. The molecule has 1 rings (SSSR count). The maximum atomic E-state index is 12.4. The van der Waals surface area contributed by atoms with Gasteiger partial charge in [0.15, 0.2) is 0 Å². The smallest absolute Gasteiger partial charge is 0.307 e. The molecule has 0 bridgehead atoms. The number of benzene rings is 1. The number of carbonyl (C=O) groups is 1. The van der Waals surface area contributed by atoms with Gasteiger partial charge in [-0.1, -0.05) is 6.92 Å². The van der Waals surface area contributed by atoms with Gasteiger partial charge in [-0.3, -0.25) is 4.79 Å². The highest BCUT2D eigenvalue weighted by molar-refractivity contribution is 9.10. The van der Waals surface area contributed by atoms with Crippen LogP contribution in [0.25, 0.3) is 0 Å². The van der Waals surface area contributed by atoms with Crippen molar-refractivity contribution in [3.63, 3.8) is 0 Å². The minimum atomic E-state index is -3.74. The minimum Gasteiger partial charge on any atom is -0.493 e. The van der Waals surface area contributed by atoms with E-state index in [1.54, 1.807) is 6.07 Å². The van der Waals surface area contributed by atoms with Crippen molar-refractivity contribution in [3.8, 4) is 5.75 Å². The molecule has 0 saturated carbocycles. The fourth-order valence-corrected chi connectivity index (χ4v) is 3.59. The molecular weight excluding hydrogens is 362 g/mol. The topological polar surface area (TPSA) is 83.9 Å². The van der Waals surface area contributed by atoms with Crippen molar-refractivity contribution in [2.45, 2.75) is 18.7 Å². The summed E-state index contributed by atoms with van der Waals surface area (Å²) in [7, 11) is -2.38. The average molecular weight is 380 g/mol. The van der Waals surface area contributed by atoms with E-state index in [1.807, 2.05) is 6.92 Å². The van der Waals surface area contributed by atoms with Crippen LogP contribution in [0.2, 0.25) is 0 Å². The largest absolute Gasteiger partial charge is 0.493 e. The lowest BCUT2D eigenvalue weighted by atomic mass is 10.2. The Hall–Kier alpha value is -1.12. The molecular formula is C13H18BrNO5S. The van der Waals surface area contributed by atoms with E-state index in [0.29, 0.717) is 16.8 Å². The van der Waals surface area contributed by atoms with Crippen molar-refractivity contribution in [1.82, 2.24) is 4.31 Å². The van der Waals surface area contributed by atoms with Gasteiger partial charge >= 0.3 is 5.97 Å². The third-order valence-electron chi connectivity index (χ3n) is 2.86. The zero-order valence-corrected chi connectivity index (χ0v) is 14.4. The molecule has 0 heterocycles. The summed E-state index contributed by atoms with van der Waals surface area (Å²) in [4.78, 5) is 10.9. The van der Waals surface area contributed by atoms with E-state index in [0.717, 1.165) is 4.31 Å². The lowest BCUT2D eigenvalue weighted by Gasteiger charge is -2.19. The molecule has 0 aromatic heterocycles. The van der Waals surface area contributed by atoms with Crippen molar-refractivity contribution in [2.75, 3.05) is 20.2 Å². The summed E-state index contributed by atoms with van der Waals surface area (Å²) in [6.45, 7) is 3.67. The molecule has 6 nitrogen and oxygen atoms in total. The fourth-order valence-electron chi connectivity index (χ4n) is 1.66. The molecule has 0 amide bonds. The van der Waals surface area contributed by atoms with Gasteiger partial charge in [-0.05, 0) is 41.1 Å². The van der Waals surface area contributed by atoms with E-state index in [1.165, 1.54) is 26.1 Å². The monoisotopic (exact) mass is 379 g/mol. The number of aliphatic carboxylic acids is 1. The van der Waals surface area contributed by atoms with E-state index in [-0.39, 0.29) is 11.4 Å². The molecule has 8 heteroatoms. The van der Waals surface area contributed by atoms with Crippen LogP contribution in [0.4, 0.5) is 0 Å². The first-order valence-electron chi connectivity index (χ1n) is 6.31. The molecule has 1 unspecified atom stereocenters. The Morgan fingerprint density at radius 2 is 2.10 bits per heavy atom. The van der Waals surface area contributed by atoms with Crippen LogP contribution < -0.4 is 4.74 Å². The standard InChI is InChI=1S/C13H18BrNO5S/c1-4-20-12-6-5-10(7-11(12)14)21(18,19)15(3)8-9(2)13(16)17/h5-7,9H,4,8H2,1-3H3,(H,16,17). The lowest BCUT2D eigenvalue weighted by Crippen LogP contribution is -2.33. The summed E-state index contributed by atoms with van der Waals surface area (Å²) < 4.78 is 31.7. The highest BCUT2D eigenvalue weighted by Crippen LogP contribution is 2.29. The van der Waals surface area contributed by atoms with Gasteiger partial charge in [0, 0.05) is 13.6 Å². The van der Waals surface area contributed by atoms with Crippen LogP contribution in [0.15, 0.2) is 27.6 Å². The van der Waals surface area contributed by atoms with Gasteiger partial charge in [0.2, 0.25) is 10.0 Å². The zero-order valence-electron chi connectivity index (χ0n) is 12.0. The Kier molecular flexibility index (Phi) is 6.18. The number of hydrogen-bond donors (Lipinski definition) is 1. The van der Waals surface area contributed by atoms with Crippen LogP contribution in [-0.4, -0.2) is 44.0 Å². The van der Waals surface area contributed by atoms with Gasteiger partial charge in [-0.2, -0.15) is 0 Å². The number of carboxylic acid groups (broad SMARTS) is 1. The second kappa shape index (κ2) is 7.24. The summed E-state index contributed by atoms with van der Waals surface area (Å²) in [6, 6.07) is 4.45. The predicted molar refractivity (Wildman–Crippen MR) is 81.9 cm³/mol. The molecule has 1 atom stereocenters. The summed E-state index contributed by atoms with van der Waals surface area (Å²) in [5.74, 6) is -1.26. The summed E-state index contributed by atoms with van der Waals surface area (Å²) in [5, 5.41) is 8.86. The number of carboxylic acids is 1. The van der Waals surface area contributed by atoms with Crippen LogP contribution in [0.5, 0.6) is 5.75 Å². The Balaban J connectivity index is 3.02. The zero-order chi connectivity index (χ0) is 16.2. The van der Waals surface area contributed by atoms with Crippen molar-refractivity contribution in [1.29, 1.82) is 0 Å². The van der Waals surface area contributed by atoms with Gasteiger partial charge in [-0.15, -0.1) is 0 Å². The van der Waals surface area contributed by atoms with E-state index in [4.69, 9.17) is 9.84 Å². The second-order valence-electron chi connectivity index (χ2n) is 4.55. The Bertz CT molecular complexity index is 617. The number of rotatable bonds is 7. The molecule has 1 N–H and O–H groups in total. The molecule has 0 aliphatic carbocycles. The number of nitrogens with zero attached hydrogens (tertiary/aromatic N) is 1. The molecule has 0 aliphatic heterocycles. The van der Waals surface area contributed by atoms with Crippen LogP contribution >= 0.6 is 15.9 Å². The second-order valence-corrected chi connectivity index (χ2v) is 7.45. The van der Waals surface area contributed by atoms with Gasteiger partial charge in [-0.25, -0.2) is 12.7 Å². The van der Waals surface area contributed by atoms with Crippen molar-refractivity contribution >= 4 is 31.9 Å². The Labute approximate surface area is 132 Å². The highest BCUT2D eigenvalue weighted by atomic mass is 79.9. The molecule has 0 fully saturated rings. The van der Waals surface area contributed by atoms with E-state index in [2.05, 4.69) is 15.9 Å². The molecule has 1 aromatic carbocycles. The van der Waals surface area contributed by atoms with Gasteiger partial charge in [0.25, 0.3) is 0 Å². The average Bonchev–Trinajstić information content (AvgIpc) is 2.40. The van der Waals surface area contributed by atoms with Crippen LogP contribution in [0, 0.1) is 5.92 Å². The van der Waals surface area contributed by atoms with Gasteiger partial charge in [0.1, 0.15) is 5.75 Å². The van der Waals surface area contributed by atoms with Crippen molar-refractivity contribution < 1.29 is 23.1 Å². The van der Waals surface area contributed by atoms with Crippen molar-refractivity contribution in [3.05, 3.63) is 22.7 Å². The first-order valence-corrected chi connectivity index (χ1v) is 8.55. The molecule has 118 valence electrons. The summed E-state index contributed by atoms with van der Waals surface area (Å²) in [6.07, 6.45) is 0. The summed E-state index contributed by atoms with van der Waals surface area (Å²) in [5.41, 5.74) is 0. The molecule has 0 radical (unpaired) electrons. The molecule has 1 aromatic rings. The molecule has 0 saturated heterocycles. The molecule has 21 heavy (non-hydrogen) atoms. The first-order chi connectivity index (χ1) is 9.70. The number of halogens is 1. The van der Waals surface area contributed by atoms with E-state index >= 15 is 0 Å². The summed E-state index contributed by atoms with van der Waals surface area (Å²) >= 11 is 3.26. The van der Waals surface area contributed by atoms with Gasteiger partial charge in [0.05, 0.1) is 21.9 Å². The number of sulfonamides is 1. The van der Waals surface area contributed by atoms with Crippen LogP contribution in [0.1, 0.15) is 13.8 Å². The van der Waals surface area contributed by atoms with Crippen molar-refractivity contribution in [2.24, 2.45) is 5.92 Å². The van der Waals surface area contributed by atoms with Gasteiger partial charge < -0.3 is 9.84 Å². The van der Waals surface area contributed by atoms with Crippen LogP contribution in [-0.2, 0) is 14.8 Å². The van der Waals surface area contributed by atoms with Crippen LogP contribution in [0.3, 0.4) is 0 Å². The van der Waals surface area contributed by atoms with E-state index in [9.17, 15) is 13.2 Å². The molecule has 0 spiro atoms. The third-order valence-corrected chi connectivity index (χ3v) is 5.30. The quantitative estimate of drug-likeness (QED) is 0.784. The third kappa shape index (κ3) is 4.42. The van der Waals surface area contributed by atoms with E-state index < -0.39 is 21.9 Å². The minimum absolute atomic E-state index is 0.0814. The SMILES string of the molecule is CCOc1ccc(S(=O)(=O)N(C)CC(C)C(=O)O)cc1Br. The Morgan fingerprint density at radius 1 is 1.48 bits per heavy atom. The maximum Gasteiger partial charge on any atom is 0.307 e.